The second-order valence-corrected chi connectivity index (χ2v) is 13.0. The maximum atomic E-state index is 2.41. The Morgan fingerprint density at radius 1 is 0.426 bits per heavy atom. The van der Waals surface area contributed by atoms with Gasteiger partial charge in [-0.05, 0) is 94.0 Å². The maximum absolute atomic E-state index is 2.41. The molecule has 1 aromatic heterocycles. The number of hydrogen-bond acceptors (Lipinski definition) is 1. The van der Waals surface area contributed by atoms with Crippen LogP contribution in [0.1, 0.15) is 25.0 Å². The number of para-hydroxylation sites is 3. The van der Waals surface area contributed by atoms with Crippen LogP contribution in [0.2, 0.25) is 0 Å². The molecule has 1 aliphatic rings. The van der Waals surface area contributed by atoms with Gasteiger partial charge in [0.05, 0.1) is 11.0 Å². The van der Waals surface area contributed by atoms with Gasteiger partial charge in [0.1, 0.15) is 0 Å². The van der Waals surface area contributed by atoms with E-state index < -0.39 is 0 Å². The van der Waals surface area contributed by atoms with E-state index in [-0.39, 0.29) is 5.41 Å². The summed E-state index contributed by atoms with van der Waals surface area (Å²) in [7, 11) is 0. The molecule has 0 saturated carbocycles. The summed E-state index contributed by atoms with van der Waals surface area (Å²) in [4.78, 5) is 2.33. The molecule has 0 aliphatic heterocycles. The molecule has 2 heteroatoms. The summed E-state index contributed by atoms with van der Waals surface area (Å²) < 4.78 is 2.41. The summed E-state index contributed by atoms with van der Waals surface area (Å²) in [5.74, 6) is 0. The Hall–Kier alpha value is -5.86. The quantitative estimate of drug-likeness (QED) is 0.190. The van der Waals surface area contributed by atoms with E-state index in [2.05, 4.69) is 193 Å². The van der Waals surface area contributed by atoms with E-state index in [1.54, 1.807) is 0 Å². The largest absolute Gasteiger partial charge is 0.310 e. The summed E-state index contributed by atoms with van der Waals surface area (Å²) in [6.07, 6.45) is 0. The average molecular weight is 603 g/mol. The van der Waals surface area contributed by atoms with Crippen molar-refractivity contribution in [3.05, 3.63) is 181 Å². The van der Waals surface area contributed by atoms with E-state index in [1.807, 2.05) is 0 Å². The van der Waals surface area contributed by atoms with Gasteiger partial charge < -0.3 is 9.47 Å². The van der Waals surface area contributed by atoms with Crippen LogP contribution in [0, 0.1) is 0 Å². The predicted molar refractivity (Wildman–Crippen MR) is 198 cm³/mol. The molecular weight excluding hydrogens is 569 g/mol. The van der Waals surface area contributed by atoms with Crippen LogP contribution in [-0.2, 0) is 5.41 Å². The molecule has 1 aliphatic carbocycles. The third-order valence-corrected chi connectivity index (χ3v) is 9.99. The van der Waals surface area contributed by atoms with E-state index in [4.69, 9.17) is 0 Å². The maximum Gasteiger partial charge on any atom is 0.0561 e. The van der Waals surface area contributed by atoms with Gasteiger partial charge in [0.2, 0.25) is 0 Å². The molecule has 0 spiro atoms. The van der Waals surface area contributed by atoms with Crippen LogP contribution in [0.5, 0.6) is 0 Å². The predicted octanol–water partition coefficient (Wildman–Crippen LogP) is 12.2. The Balaban J connectivity index is 1.16. The minimum absolute atomic E-state index is 0.0179. The number of anilines is 3. The summed E-state index contributed by atoms with van der Waals surface area (Å²) in [5.41, 5.74) is 14.9. The molecule has 7 aromatic carbocycles. The summed E-state index contributed by atoms with van der Waals surface area (Å²) in [6.45, 7) is 4.69. The molecule has 0 unspecified atom stereocenters. The molecule has 0 fully saturated rings. The number of hydrogen-bond donors (Lipinski definition) is 0. The van der Waals surface area contributed by atoms with Crippen molar-refractivity contribution in [2.45, 2.75) is 19.3 Å². The van der Waals surface area contributed by atoms with Crippen molar-refractivity contribution in [1.29, 1.82) is 0 Å². The second-order valence-electron chi connectivity index (χ2n) is 13.0. The van der Waals surface area contributed by atoms with Gasteiger partial charge in [-0.1, -0.05) is 123 Å². The normalized spacial score (nSPS) is 13.1. The van der Waals surface area contributed by atoms with Crippen molar-refractivity contribution in [2.75, 3.05) is 4.90 Å². The zero-order valence-electron chi connectivity index (χ0n) is 26.6. The fraction of sp³-hybridized carbons (Fsp3) is 0.0667. The molecule has 0 saturated heterocycles. The fourth-order valence-electron chi connectivity index (χ4n) is 7.66. The smallest absolute Gasteiger partial charge is 0.0561 e. The van der Waals surface area contributed by atoms with Crippen molar-refractivity contribution in [3.8, 4) is 27.9 Å². The molecule has 47 heavy (non-hydrogen) atoms. The molecule has 0 atom stereocenters. The summed E-state index contributed by atoms with van der Waals surface area (Å²) in [6, 6.07) is 61.7. The molecule has 0 amide bonds. The lowest BCUT2D eigenvalue weighted by Crippen LogP contribution is -2.14. The van der Waals surface area contributed by atoms with E-state index in [1.165, 1.54) is 55.2 Å². The van der Waals surface area contributed by atoms with E-state index in [0.29, 0.717) is 0 Å². The lowest BCUT2D eigenvalue weighted by molar-refractivity contribution is 0.660. The van der Waals surface area contributed by atoms with Crippen LogP contribution in [0.4, 0.5) is 17.1 Å². The van der Waals surface area contributed by atoms with Crippen molar-refractivity contribution >= 4 is 38.9 Å². The van der Waals surface area contributed by atoms with Crippen molar-refractivity contribution < 1.29 is 0 Å². The second kappa shape index (κ2) is 10.6. The van der Waals surface area contributed by atoms with Crippen LogP contribution < -0.4 is 4.90 Å². The first kappa shape index (κ1) is 27.5. The lowest BCUT2D eigenvalue weighted by atomic mass is 9.81. The van der Waals surface area contributed by atoms with Gasteiger partial charge in [0.25, 0.3) is 0 Å². The highest BCUT2D eigenvalue weighted by Crippen LogP contribution is 2.49. The first-order valence-electron chi connectivity index (χ1n) is 16.4. The van der Waals surface area contributed by atoms with Crippen LogP contribution in [0.25, 0.3) is 49.7 Å². The highest BCUT2D eigenvalue weighted by Gasteiger charge is 2.35. The molecule has 0 bridgehead atoms. The third kappa shape index (κ3) is 4.33. The standard InChI is InChI=1S/C45H34N2/c1-45(2)41-19-11-9-17-37(41)38-27-23-32(29-42(38)45)31-21-24-35(25-22-31)47-43-20-12-10-18-39(43)40-28-26-36(30-44(40)47)46(33-13-5-3-6-14-33)34-15-7-4-8-16-34/h3-30H,1-2H3. The van der Waals surface area contributed by atoms with Gasteiger partial charge in [-0.3, -0.25) is 0 Å². The van der Waals surface area contributed by atoms with Crippen molar-refractivity contribution in [2.24, 2.45) is 0 Å². The van der Waals surface area contributed by atoms with Gasteiger partial charge in [-0.25, -0.2) is 0 Å². The van der Waals surface area contributed by atoms with Crippen LogP contribution in [-0.4, -0.2) is 4.57 Å². The zero-order chi connectivity index (χ0) is 31.5. The molecule has 0 radical (unpaired) electrons. The monoisotopic (exact) mass is 602 g/mol. The molecule has 9 rings (SSSR count). The number of nitrogens with zero attached hydrogens (tertiary/aromatic N) is 2. The minimum atomic E-state index is -0.0179. The highest BCUT2D eigenvalue weighted by atomic mass is 15.1. The number of fused-ring (bicyclic) bond motifs is 6. The Morgan fingerprint density at radius 3 is 1.77 bits per heavy atom. The van der Waals surface area contributed by atoms with E-state index in [9.17, 15) is 0 Å². The summed E-state index contributed by atoms with van der Waals surface area (Å²) >= 11 is 0. The van der Waals surface area contributed by atoms with Gasteiger partial charge in [0, 0.05) is 38.9 Å². The van der Waals surface area contributed by atoms with E-state index >= 15 is 0 Å². The molecule has 224 valence electrons. The Labute approximate surface area is 275 Å². The van der Waals surface area contributed by atoms with E-state index in [0.717, 1.165) is 22.7 Å². The molecular formula is C45H34N2. The molecule has 8 aromatic rings. The first-order chi connectivity index (χ1) is 23.1. The Bertz CT molecular complexity index is 2380. The number of benzene rings is 7. The lowest BCUT2D eigenvalue weighted by Gasteiger charge is -2.25. The highest BCUT2D eigenvalue weighted by molar-refractivity contribution is 6.10. The van der Waals surface area contributed by atoms with Crippen LogP contribution in [0.3, 0.4) is 0 Å². The van der Waals surface area contributed by atoms with Gasteiger partial charge in [-0.15, -0.1) is 0 Å². The Morgan fingerprint density at radius 2 is 1.02 bits per heavy atom. The first-order valence-corrected chi connectivity index (χ1v) is 16.4. The minimum Gasteiger partial charge on any atom is -0.310 e. The summed E-state index contributed by atoms with van der Waals surface area (Å²) in [5, 5.41) is 2.50. The van der Waals surface area contributed by atoms with Crippen LogP contribution >= 0.6 is 0 Å². The fourth-order valence-corrected chi connectivity index (χ4v) is 7.66. The van der Waals surface area contributed by atoms with Gasteiger partial charge >= 0.3 is 0 Å². The van der Waals surface area contributed by atoms with Crippen molar-refractivity contribution in [3.63, 3.8) is 0 Å². The Kier molecular flexibility index (Phi) is 6.20. The molecule has 2 nitrogen and oxygen atoms in total. The SMILES string of the molecule is CC1(C)c2ccccc2-c2ccc(-c3ccc(-n4c5ccccc5c5ccc(N(c6ccccc6)c6ccccc6)cc54)cc3)cc21. The topological polar surface area (TPSA) is 8.17 Å². The van der Waals surface area contributed by atoms with Crippen molar-refractivity contribution in [1.82, 2.24) is 4.57 Å². The zero-order valence-corrected chi connectivity index (χ0v) is 26.6. The average Bonchev–Trinajstić information content (AvgIpc) is 3.57. The van der Waals surface area contributed by atoms with Gasteiger partial charge in [-0.2, -0.15) is 0 Å². The number of rotatable bonds is 5. The number of aromatic nitrogens is 1. The van der Waals surface area contributed by atoms with Crippen LogP contribution in [0.15, 0.2) is 170 Å². The third-order valence-electron chi connectivity index (χ3n) is 9.99. The van der Waals surface area contributed by atoms with Gasteiger partial charge in [0.15, 0.2) is 0 Å². The molecule has 0 N–H and O–H groups in total. The molecule has 1 heterocycles.